The lowest BCUT2D eigenvalue weighted by Crippen LogP contribution is -2.53. The van der Waals surface area contributed by atoms with Crippen molar-refractivity contribution in [2.24, 2.45) is 0 Å². The summed E-state index contributed by atoms with van der Waals surface area (Å²) in [5.74, 6) is -1.67. The summed E-state index contributed by atoms with van der Waals surface area (Å²) in [6.45, 7) is 5.61. The molecule has 3 atom stereocenters. The van der Waals surface area contributed by atoms with Crippen LogP contribution in [0.4, 0.5) is 0 Å². The van der Waals surface area contributed by atoms with Crippen LogP contribution in [0.3, 0.4) is 0 Å². The molecule has 0 aliphatic heterocycles. The normalized spacial score (nSPS) is 16.2. The first kappa shape index (κ1) is 14.9. The van der Waals surface area contributed by atoms with Crippen molar-refractivity contribution >= 4 is 11.9 Å². The van der Waals surface area contributed by atoms with Gasteiger partial charge in [-0.15, -0.1) is 0 Å². The van der Waals surface area contributed by atoms with Crippen LogP contribution in [0.2, 0.25) is 0 Å². The van der Waals surface area contributed by atoms with E-state index in [0.29, 0.717) is 6.54 Å². The monoisotopic (exact) mass is 232 g/mol. The Bertz CT molecular complexity index is 243. The van der Waals surface area contributed by atoms with Crippen LogP contribution in [0, 0.1) is 0 Å². The second-order valence-corrected chi connectivity index (χ2v) is 3.74. The summed E-state index contributed by atoms with van der Waals surface area (Å²) in [5.41, 5.74) is 0. The van der Waals surface area contributed by atoms with E-state index in [1.807, 2.05) is 6.92 Å². The molecule has 94 valence electrons. The van der Waals surface area contributed by atoms with E-state index in [1.54, 1.807) is 6.92 Å². The second kappa shape index (κ2) is 7.19. The van der Waals surface area contributed by atoms with E-state index >= 15 is 0 Å². The van der Waals surface area contributed by atoms with Crippen LogP contribution in [0.1, 0.15) is 27.2 Å². The molecule has 16 heavy (non-hydrogen) atoms. The van der Waals surface area contributed by atoms with E-state index in [4.69, 9.17) is 5.11 Å². The van der Waals surface area contributed by atoms with Crippen LogP contribution in [-0.4, -0.2) is 46.8 Å². The largest absolute Gasteiger partial charge is 0.480 e. The maximum atomic E-state index is 11.5. The minimum absolute atomic E-state index is 0.429. The van der Waals surface area contributed by atoms with Crippen LogP contribution < -0.4 is 10.6 Å². The fraction of sp³-hybridized carbons (Fsp3) is 0.800. The quantitative estimate of drug-likeness (QED) is 0.466. The Morgan fingerprint density at radius 3 is 2.25 bits per heavy atom. The third kappa shape index (κ3) is 5.09. The van der Waals surface area contributed by atoms with Gasteiger partial charge in [0.2, 0.25) is 5.91 Å². The molecule has 6 nitrogen and oxygen atoms in total. The smallest absolute Gasteiger partial charge is 0.328 e. The summed E-state index contributed by atoms with van der Waals surface area (Å²) in [6, 6.07) is -1.74. The van der Waals surface area contributed by atoms with E-state index in [-0.39, 0.29) is 0 Å². The number of amides is 1. The SMILES string of the molecule is CCCN[C@@H](C)C(=O)N[C@H](C(=O)O)[C@@H](C)O. The van der Waals surface area contributed by atoms with Gasteiger partial charge in [0, 0.05) is 0 Å². The first-order chi connectivity index (χ1) is 7.40. The molecule has 4 N–H and O–H groups in total. The second-order valence-electron chi connectivity index (χ2n) is 3.74. The van der Waals surface area contributed by atoms with Gasteiger partial charge in [-0.25, -0.2) is 4.79 Å². The van der Waals surface area contributed by atoms with Gasteiger partial charge in [-0.05, 0) is 26.8 Å². The van der Waals surface area contributed by atoms with Crippen LogP contribution in [0.15, 0.2) is 0 Å². The van der Waals surface area contributed by atoms with E-state index in [9.17, 15) is 14.7 Å². The standard InChI is InChI=1S/C10H20N2O4/c1-4-5-11-6(2)9(14)12-8(7(3)13)10(15)16/h6-8,11,13H,4-5H2,1-3H3,(H,12,14)(H,15,16)/t6-,7+,8-/m0/s1. The Labute approximate surface area is 95.0 Å². The number of rotatable bonds is 7. The van der Waals surface area contributed by atoms with Gasteiger partial charge in [0.05, 0.1) is 12.1 Å². The van der Waals surface area contributed by atoms with Crippen LogP contribution in [0.25, 0.3) is 0 Å². The molecular formula is C10H20N2O4. The highest BCUT2D eigenvalue weighted by atomic mass is 16.4. The van der Waals surface area contributed by atoms with Gasteiger partial charge in [-0.3, -0.25) is 4.79 Å². The number of carbonyl (C=O) groups excluding carboxylic acids is 1. The summed E-state index contributed by atoms with van der Waals surface area (Å²) in [4.78, 5) is 22.2. The molecular weight excluding hydrogens is 212 g/mol. The van der Waals surface area contributed by atoms with Crippen molar-refractivity contribution in [2.45, 2.75) is 45.4 Å². The Hall–Kier alpha value is -1.14. The zero-order valence-electron chi connectivity index (χ0n) is 9.86. The van der Waals surface area contributed by atoms with Crippen molar-refractivity contribution in [3.8, 4) is 0 Å². The predicted molar refractivity (Wildman–Crippen MR) is 59.0 cm³/mol. The predicted octanol–water partition coefficient (Wildman–Crippen LogP) is -0.675. The first-order valence-corrected chi connectivity index (χ1v) is 5.34. The van der Waals surface area contributed by atoms with Gasteiger partial charge in [0.15, 0.2) is 6.04 Å². The third-order valence-electron chi connectivity index (χ3n) is 2.14. The third-order valence-corrected chi connectivity index (χ3v) is 2.14. The lowest BCUT2D eigenvalue weighted by molar-refractivity contribution is -0.145. The highest BCUT2D eigenvalue weighted by Gasteiger charge is 2.26. The number of aliphatic carboxylic acids is 1. The van der Waals surface area contributed by atoms with Crippen molar-refractivity contribution in [2.75, 3.05) is 6.54 Å². The van der Waals surface area contributed by atoms with Crippen molar-refractivity contribution in [1.82, 2.24) is 10.6 Å². The van der Waals surface area contributed by atoms with E-state index in [2.05, 4.69) is 10.6 Å². The Kier molecular flexibility index (Phi) is 6.67. The number of carboxylic acid groups (broad SMARTS) is 1. The van der Waals surface area contributed by atoms with Crippen molar-refractivity contribution < 1.29 is 19.8 Å². The number of aliphatic hydroxyl groups excluding tert-OH is 1. The average Bonchev–Trinajstić information content (AvgIpc) is 2.20. The number of hydrogen-bond donors (Lipinski definition) is 4. The number of hydrogen-bond acceptors (Lipinski definition) is 4. The summed E-state index contributed by atoms with van der Waals surface area (Å²) in [6.07, 6.45) is -0.240. The molecule has 0 aliphatic rings. The lowest BCUT2D eigenvalue weighted by Gasteiger charge is -2.20. The number of carbonyl (C=O) groups is 2. The molecule has 0 bridgehead atoms. The average molecular weight is 232 g/mol. The zero-order valence-corrected chi connectivity index (χ0v) is 9.86. The minimum Gasteiger partial charge on any atom is -0.480 e. The van der Waals surface area contributed by atoms with Crippen LogP contribution in [-0.2, 0) is 9.59 Å². The molecule has 0 aliphatic carbocycles. The molecule has 0 aromatic carbocycles. The topological polar surface area (TPSA) is 98.7 Å². The highest BCUT2D eigenvalue weighted by molar-refractivity contribution is 5.86. The van der Waals surface area contributed by atoms with Gasteiger partial charge >= 0.3 is 5.97 Å². The number of aliphatic hydroxyl groups is 1. The molecule has 0 aromatic rings. The fourth-order valence-electron chi connectivity index (χ4n) is 1.12. The minimum atomic E-state index is -1.27. The summed E-state index contributed by atoms with van der Waals surface area (Å²) >= 11 is 0. The zero-order chi connectivity index (χ0) is 12.7. The van der Waals surface area contributed by atoms with Gasteiger partial charge < -0.3 is 20.8 Å². The molecule has 0 saturated carbocycles. The molecule has 1 amide bonds. The Morgan fingerprint density at radius 1 is 1.31 bits per heavy atom. The summed E-state index contributed by atoms with van der Waals surface area (Å²) in [5, 5.41) is 23.1. The van der Waals surface area contributed by atoms with Crippen LogP contribution >= 0.6 is 0 Å². The van der Waals surface area contributed by atoms with E-state index in [0.717, 1.165) is 6.42 Å². The van der Waals surface area contributed by atoms with Crippen molar-refractivity contribution in [3.05, 3.63) is 0 Å². The van der Waals surface area contributed by atoms with E-state index in [1.165, 1.54) is 6.92 Å². The molecule has 0 heterocycles. The van der Waals surface area contributed by atoms with E-state index < -0.39 is 30.1 Å². The van der Waals surface area contributed by atoms with Crippen molar-refractivity contribution in [1.29, 1.82) is 0 Å². The Balaban J connectivity index is 4.24. The van der Waals surface area contributed by atoms with Gasteiger partial charge in [-0.1, -0.05) is 6.92 Å². The highest BCUT2D eigenvalue weighted by Crippen LogP contribution is 1.94. The summed E-state index contributed by atoms with van der Waals surface area (Å²) in [7, 11) is 0. The molecule has 0 rings (SSSR count). The first-order valence-electron chi connectivity index (χ1n) is 5.34. The van der Waals surface area contributed by atoms with Gasteiger partial charge in [0.25, 0.3) is 0 Å². The van der Waals surface area contributed by atoms with Gasteiger partial charge in [0.1, 0.15) is 0 Å². The summed E-state index contributed by atoms with van der Waals surface area (Å²) < 4.78 is 0. The number of nitrogens with one attached hydrogen (secondary N) is 2. The number of carboxylic acids is 1. The molecule has 0 aromatic heterocycles. The van der Waals surface area contributed by atoms with Crippen LogP contribution in [0.5, 0.6) is 0 Å². The molecule has 0 spiro atoms. The molecule has 0 fully saturated rings. The molecule has 0 unspecified atom stereocenters. The molecule has 0 radical (unpaired) electrons. The molecule has 0 saturated heterocycles. The molecule has 6 heteroatoms. The fourth-order valence-corrected chi connectivity index (χ4v) is 1.12. The van der Waals surface area contributed by atoms with Crippen molar-refractivity contribution in [3.63, 3.8) is 0 Å². The Morgan fingerprint density at radius 2 is 1.88 bits per heavy atom. The van der Waals surface area contributed by atoms with Gasteiger partial charge in [-0.2, -0.15) is 0 Å². The maximum Gasteiger partial charge on any atom is 0.328 e. The maximum absolute atomic E-state index is 11.5. The lowest BCUT2D eigenvalue weighted by atomic mass is 10.1.